The Kier molecular flexibility index (Phi) is 6.37. The molecule has 0 aliphatic heterocycles. The minimum atomic E-state index is -3.52. The SMILES string of the molecule is COc1ccc(CN(C)C(=O)CCS(=O)(=O)c2ccc(C)cc2)cc1F. The van der Waals surface area contributed by atoms with E-state index in [9.17, 15) is 17.6 Å². The van der Waals surface area contributed by atoms with Crippen molar-refractivity contribution >= 4 is 15.7 Å². The molecule has 1 amide bonds. The van der Waals surface area contributed by atoms with Gasteiger partial charge in [-0.3, -0.25) is 4.79 Å². The summed E-state index contributed by atoms with van der Waals surface area (Å²) >= 11 is 0. The predicted molar refractivity (Wildman–Crippen MR) is 97.3 cm³/mol. The maximum atomic E-state index is 13.7. The van der Waals surface area contributed by atoms with Crippen molar-refractivity contribution in [1.29, 1.82) is 0 Å². The molecular formula is C19H22FNO4S. The first kappa shape index (κ1) is 19.9. The Bertz CT molecular complexity index is 879. The highest BCUT2D eigenvalue weighted by atomic mass is 32.2. The number of carbonyl (C=O) groups is 1. The van der Waals surface area contributed by atoms with Crippen LogP contribution in [0.15, 0.2) is 47.4 Å². The van der Waals surface area contributed by atoms with Crippen molar-refractivity contribution in [2.45, 2.75) is 24.8 Å². The molecule has 0 unspecified atom stereocenters. The number of benzene rings is 2. The second-order valence-electron chi connectivity index (χ2n) is 6.10. The van der Waals surface area contributed by atoms with Crippen LogP contribution in [0, 0.1) is 12.7 Å². The van der Waals surface area contributed by atoms with E-state index in [4.69, 9.17) is 4.74 Å². The normalized spacial score (nSPS) is 11.2. The number of amides is 1. The third kappa shape index (κ3) is 5.05. The van der Waals surface area contributed by atoms with Gasteiger partial charge in [-0.25, -0.2) is 12.8 Å². The van der Waals surface area contributed by atoms with Crippen molar-refractivity contribution in [3.63, 3.8) is 0 Å². The molecule has 0 aliphatic rings. The van der Waals surface area contributed by atoms with Gasteiger partial charge >= 0.3 is 0 Å². The van der Waals surface area contributed by atoms with Crippen LogP contribution in [0.3, 0.4) is 0 Å². The monoisotopic (exact) mass is 379 g/mol. The van der Waals surface area contributed by atoms with Gasteiger partial charge in [0, 0.05) is 20.0 Å². The lowest BCUT2D eigenvalue weighted by Gasteiger charge is -2.17. The number of nitrogens with zero attached hydrogens (tertiary/aromatic N) is 1. The van der Waals surface area contributed by atoms with E-state index in [2.05, 4.69) is 0 Å². The summed E-state index contributed by atoms with van der Waals surface area (Å²) in [6.07, 6.45) is -0.134. The first-order valence-electron chi connectivity index (χ1n) is 8.09. The molecule has 0 atom stereocenters. The molecule has 2 rings (SSSR count). The maximum Gasteiger partial charge on any atom is 0.223 e. The zero-order valence-corrected chi connectivity index (χ0v) is 15.8. The number of halogens is 1. The van der Waals surface area contributed by atoms with Gasteiger partial charge in [0.1, 0.15) is 0 Å². The summed E-state index contributed by atoms with van der Waals surface area (Å²) in [5.74, 6) is -0.965. The molecule has 140 valence electrons. The molecule has 7 heteroatoms. The molecule has 0 aliphatic carbocycles. The average molecular weight is 379 g/mol. The lowest BCUT2D eigenvalue weighted by atomic mass is 10.2. The smallest absolute Gasteiger partial charge is 0.223 e. The summed E-state index contributed by atoms with van der Waals surface area (Å²) < 4.78 is 43.2. The van der Waals surface area contributed by atoms with E-state index in [1.54, 1.807) is 37.4 Å². The lowest BCUT2D eigenvalue weighted by molar-refractivity contribution is -0.130. The van der Waals surface area contributed by atoms with Crippen LogP contribution in [0.25, 0.3) is 0 Å². The molecule has 26 heavy (non-hydrogen) atoms. The predicted octanol–water partition coefficient (Wildman–Crippen LogP) is 2.97. The van der Waals surface area contributed by atoms with Crippen LogP contribution in [0.2, 0.25) is 0 Å². The molecule has 0 fully saturated rings. The number of hydrogen-bond acceptors (Lipinski definition) is 4. The first-order chi connectivity index (χ1) is 12.2. The summed E-state index contributed by atoms with van der Waals surface area (Å²) in [5.41, 5.74) is 1.56. The van der Waals surface area contributed by atoms with Gasteiger partial charge < -0.3 is 9.64 Å². The highest BCUT2D eigenvalue weighted by Crippen LogP contribution is 2.19. The Morgan fingerprint density at radius 3 is 2.38 bits per heavy atom. The second kappa shape index (κ2) is 8.31. The van der Waals surface area contributed by atoms with Crippen molar-refractivity contribution in [3.05, 3.63) is 59.4 Å². The molecule has 5 nitrogen and oxygen atoms in total. The summed E-state index contributed by atoms with van der Waals surface area (Å²) in [6, 6.07) is 11.0. The Morgan fingerprint density at radius 1 is 1.15 bits per heavy atom. The lowest BCUT2D eigenvalue weighted by Crippen LogP contribution is -2.28. The van der Waals surface area contributed by atoms with E-state index in [0.29, 0.717) is 5.56 Å². The van der Waals surface area contributed by atoms with Crippen molar-refractivity contribution in [3.8, 4) is 5.75 Å². The van der Waals surface area contributed by atoms with Gasteiger partial charge in [-0.1, -0.05) is 23.8 Å². The van der Waals surface area contributed by atoms with Crippen LogP contribution < -0.4 is 4.74 Å². The van der Waals surface area contributed by atoms with Crippen LogP contribution >= 0.6 is 0 Å². The van der Waals surface area contributed by atoms with Crippen LogP contribution in [0.5, 0.6) is 5.75 Å². The fourth-order valence-corrected chi connectivity index (χ4v) is 3.68. The number of methoxy groups -OCH3 is 1. The summed E-state index contributed by atoms with van der Waals surface area (Å²) in [5, 5.41) is 0. The Hall–Kier alpha value is -2.41. The fourth-order valence-electron chi connectivity index (χ4n) is 2.45. The van der Waals surface area contributed by atoms with E-state index in [-0.39, 0.29) is 35.3 Å². The minimum Gasteiger partial charge on any atom is -0.494 e. The molecule has 0 saturated heterocycles. The van der Waals surface area contributed by atoms with Gasteiger partial charge in [0.25, 0.3) is 0 Å². The standard InChI is InChI=1S/C19H22FNO4S/c1-14-4-7-16(8-5-14)26(23,24)11-10-19(22)21(2)13-15-6-9-18(25-3)17(20)12-15/h4-9,12H,10-11,13H2,1-3H3. The summed E-state index contributed by atoms with van der Waals surface area (Å²) in [7, 11) is -0.583. The van der Waals surface area contributed by atoms with Crippen molar-refractivity contribution in [2.24, 2.45) is 0 Å². The molecule has 0 heterocycles. The van der Waals surface area contributed by atoms with Crippen molar-refractivity contribution in [2.75, 3.05) is 19.9 Å². The van der Waals surface area contributed by atoms with Crippen LogP contribution in [-0.4, -0.2) is 39.1 Å². The van der Waals surface area contributed by atoms with E-state index in [0.717, 1.165) is 5.56 Å². The number of sulfone groups is 1. The van der Waals surface area contributed by atoms with Crippen LogP contribution in [0.1, 0.15) is 17.5 Å². The molecule has 0 radical (unpaired) electrons. The van der Waals surface area contributed by atoms with E-state index in [1.807, 2.05) is 6.92 Å². The van der Waals surface area contributed by atoms with Gasteiger partial charge in [-0.05, 0) is 36.8 Å². The summed E-state index contributed by atoms with van der Waals surface area (Å²) in [4.78, 5) is 13.8. The van der Waals surface area contributed by atoms with Gasteiger partial charge in [0.2, 0.25) is 5.91 Å². The molecule has 0 spiro atoms. The quantitative estimate of drug-likeness (QED) is 0.742. The zero-order valence-electron chi connectivity index (χ0n) is 15.0. The highest BCUT2D eigenvalue weighted by Gasteiger charge is 2.18. The second-order valence-corrected chi connectivity index (χ2v) is 8.21. The maximum absolute atomic E-state index is 13.7. The van der Waals surface area contributed by atoms with E-state index >= 15 is 0 Å². The average Bonchev–Trinajstić information content (AvgIpc) is 2.60. The van der Waals surface area contributed by atoms with E-state index in [1.165, 1.54) is 24.1 Å². The van der Waals surface area contributed by atoms with Gasteiger partial charge in [-0.2, -0.15) is 0 Å². The number of aryl methyl sites for hydroxylation is 1. The molecule has 0 saturated carbocycles. The number of carbonyl (C=O) groups excluding carboxylic acids is 1. The zero-order chi connectivity index (χ0) is 19.3. The molecule has 2 aromatic rings. The van der Waals surface area contributed by atoms with Crippen molar-refractivity contribution < 1.29 is 22.3 Å². The summed E-state index contributed by atoms with van der Waals surface area (Å²) in [6.45, 7) is 2.06. The van der Waals surface area contributed by atoms with Crippen molar-refractivity contribution in [1.82, 2.24) is 4.90 Å². The minimum absolute atomic E-state index is 0.131. The fraction of sp³-hybridized carbons (Fsp3) is 0.316. The number of hydrogen-bond donors (Lipinski definition) is 0. The molecule has 0 N–H and O–H groups in total. The largest absolute Gasteiger partial charge is 0.494 e. The highest BCUT2D eigenvalue weighted by molar-refractivity contribution is 7.91. The molecule has 0 bridgehead atoms. The number of ether oxygens (including phenoxy) is 1. The van der Waals surface area contributed by atoms with Gasteiger partial charge in [0.05, 0.1) is 17.8 Å². The molecular weight excluding hydrogens is 357 g/mol. The Morgan fingerprint density at radius 2 is 1.81 bits per heavy atom. The third-order valence-corrected chi connectivity index (χ3v) is 5.76. The third-order valence-electron chi connectivity index (χ3n) is 4.03. The Balaban J connectivity index is 1.96. The van der Waals surface area contributed by atoms with Crippen LogP contribution in [0.4, 0.5) is 4.39 Å². The van der Waals surface area contributed by atoms with Crippen LogP contribution in [-0.2, 0) is 21.2 Å². The first-order valence-corrected chi connectivity index (χ1v) is 9.74. The molecule has 0 aromatic heterocycles. The topological polar surface area (TPSA) is 63.7 Å². The number of rotatable bonds is 7. The van der Waals surface area contributed by atoms with Gasteiger partial charge in [0.15, 0.2) is 21.4 Å². The molecule has 2 aromatic carbocycles. The Labute approximate surface area is 153 Å². The van der Waals surface area contributed by atoms with E-state index < -0.39 is 15.7 Å². The van der Waals surface area contributed by atoms with Gasteiger partial charge in [-0.15, -0.1) is 0 Å².